The van der Waals surface area contributed by atoms with Crippen molar-refractivity contribution in [3.8, 4) is 5.75 Å². The fourth-order valence-electron chi connectivity index (χ4n) is 2.91. The van der Waals surface area contributed by atoms with Crippen molar-refractivity contribution in [1.82, 2.24) is 0 Å². The number of thiophene rings is 1. The van der Waals surface area contributed by atoms with Crippen LogP contribution in [0.4, 0.5) is 22.6 Å². The van der Waals surface area contributed by atoms with E-state index in [0.717, 1.165) is 29.7 Å². The van der Waals surface area contributed by atoms with Gasteiger partial charge in [-0.15, -0.1) is 11.3 Å². The maximum atomic E-state index is 14.1. The second-order valence-electron chi connectivity index (χ2n) is 5.54. The molecule has 26 heavy (non-hydrogen) atoms. The third-order valence-electron chi connectivity index (χ3n) is 4.05. The van der Waals surface area contributed by atoms with Gasteiger partial charge < -0.3 is 15.8 Å². The number of anilines is 1. The summed E-state index contributed by atoms with van der Waals surface area (Å²) in [6.07, 6.45) is 2.06. The van der Waals surface area contributed by atoms with E-state index in [1.807, 2.05) is 0 Å². The monoisotopic (exact) mass is 388 g/mol. The van der Waals surface area contributed by atoms with Crippen LogP contribution in [0.25, 0.3) is 0 Å². The van der Waals surface area contributed by atoms with Crippen LogP contribution in [0.2, 0.25) is 0 Å². The molecule has 3 rings (SSSR count). The highest BCUT2D eigenvalue weighted by Gasteiger charge is 2.32. The van der Waals surface area contributed by atoms with Crippen LogP contribution in [0.3, 0.4) is 0 Å². The lowest BCUT2D eigenvalue weighted by Crippen LogP contribution is -2.21. The van der Waals surface area contributed by atoms with Crippen molar-refractivity contribution in [2.75, 3.05) is 12.4 Å². The summed E-state index contributed by atoms with van der Waals surface area (Å²) in [5, 5.41) is 2.12. The number of amides is 2. The van der Waals surface area contributed by atoms with E-state index in [1.165, 1.54) is 0 Å². The molecular formula is C16H12F4N2O3S. The summed E-state index contributed by atoms with van der Waals surface area (Å²) in [7, 11) is 0.826. The molecule has 1 heterocycles. The summed E-state index contributed by atoms with van der Waals surface area (Å²) in [6.45, 7) is 0. The number of rotatable bonds is 4. The fraction of sp³-hybridized carbons (Fsp3) is 0.250. The molecular weight excluding hydrogens is 376 g/mol. The highest BCUT2D eigenvalue weighted by atomic mass is 32.1. The van der Waals surface area contributed by atoms with Crippen molar-refractivity contribution >= 4 is 28.2 Å². The molecule has 0 aliphatic heterocycles. The second kappa shape index (κ2) is 6.60. The first-order valence-corrected chi connectivity index (χ1v) is 8.25. The standard InChI is InChI=1S/C16H12F4N2O3S/c1-25-13-11(19)9(17)8(10(18)12(13)20)15(24)22-16-7(14(21)23)5-3-2-4-6(5)26-16/h2-4H2,1H3,(H2,21,23)(H,22,24). The minimum Gasteiger partial charge on any atom is -0.491 e. The van der Waals surface area contributed by atoms with Crippen molar-refractivity contribution in [2.24, 2.45) is 5.73 Å². The van der Waals surface area contributed by atoms with Crippen LogP contribution < -0.4 is 15.8 Å². The van der Waals surface area contributed by atoms with Crippen LogP contribution in [0.15, 0.2) is 0 Å². The number of methoxy groups -OCH3 is 1. The van der Waals surface area contributed by atoms with Crippen molar-refractivity contribution in [3.63, 3.8) is 0 Å². The van der Waals surface area contributed by atoms with Crippen LogP contribution in [0.5, 0.6) is 5.75 Å². The number of primary amides is 1. The Morgan fingerprint density at radius 2 is 1.65 bits per heavy atom. The Kier molecular flexibility index (Phi) is 4.61. The Labute approximate surface area is 148 Å². The van der Waals surface area contributed by atoms with Crippen LogP contribution >= 0.6 is 11.3 Å². The lowest BCUT2D eigenvalue weighted by atomic mass is 10.1. The van der Waals surface area contributed by atoms with Gasteiger partial charge in [0.2, 0.25) is 11.6 Å². The Hall–Kier alpha value is -2.62. The summed E-state index contributed by atoms with van der Waals surface area (Å²) in [4.78, 5) is 24.8. The quantitative estimate of drug-likeness (QED) is 0.624. The van der Waals surface area contributed by atoms with Crippen molar-refractivity contribution in [2.45, 2.75) is 19.3 Å². The Morgan fingerprint density at radius 1 is 1.04 bits per heavy atom. The maximum Gasteiger partial charge on any atom is 0.262 e. The van der Waals surface area contributed by atoms with Crippen LogP contribution in [0.1, 0.15) is 37.6 Å². The average molecular weight is 388 g/mol. The zero-order chi connectivity index (χ0) is 19.2. The maximum absolute atomic E-state index is 14.1. The predicted molar refractivity (Wildman–Crippen MR) is 85.6 cm³/mol. The van der Waals surface area contributed by atoms with E-state index in [1.54, 1.807) is 0 Å². The number of ether oxygens (including phenoxy) is 1. The zero-order valence-corrected chi connectivity index (χ0v) is 14.2. The Morgan fingerprint density at radius 3 is 2.19 bits per heavy atom. The number of halogens is 4. The minimum absolute atomic E-state index is 0.0114. The summed E-state index contributed by atoms with van der Waals surface area (Å²) in [6, 6.07) is 0. The molecule has 2 aromatic rings. The zero-order valence-electron chi connectivity index (χ0n) is 13.3. The van der Waals surface area contributed by atoms with E-state index < -0.39 is 46.4 Å². The molecule has 0 radical (unpaired) electrons. The number of aryl methyl sites for hydroxylation is 1. The molecule has 0 unspecified atom stereocenters. The Balaban J connectivity index is 2.04. The summed E-state index contributed by atoms with van der Waals surface area (Å²) < 4.78 is 59.9. The number of nitrogens with one attached hydrogen (secondary N) is 1. The van der Waals surface area contributed by atoms with Gasteiger partial charge in [-0.3, -0.25) is 9.59 Å². The van der Waals surface area contributed by atoms with Gasteiger partial charge in [-0.1, -0.05) is 0 Å². The molecule has 1 aliphatic rings. The van der Waals surface area contributed by atoms with Gasteiger partial charge in [0.05, 0.1) is 12.7 Å². The number of nitrogens with two attached hydrogens (primary N) is 1. The molecule has 1 aliphatic carbocycles. The molecule has 138 valence electrons. The molecule has 3 N–H and O–H groups in total. The normalized spacial score (nSPS) is 12.8. The van der Waals surface area contributed by atoms with Crippen LogP contribution in [-0.4, -0.2) is 18.9 Å². The molecule has 5 nitrogen and oxygen atoms in total. The topological polar surface area (TPSA) is 81.4 Å². The molecule has 0 saturated heterocycles. The average Bonchev–Trinajstić information content (AvgIpc) is 3.14. The number of fused-ring (bicyclic) bond motifs is 1. The van der Waals surface area contributed by atoms with E-state index in [-0.39, 0.29) is 10.6 Å². The number of benzene rings is 1. The first-order valence-electron chi connectivity index (χ1n) is 7.43. The summed E-state index contributed by atoms with van der Waals surface area (Å²) in [5.41, 5.74) is 4.59. The summed E-state index contributed by atoms with van der Waals surface area (Å²) in [5.74, 6) is -11.0. The smallest absolute Gasteiger partial charge is 0.262 e. The molecule has 0 bridgehead atoms. The van der Waals surface area contributed by atoms with E-state index in [0.29, 0.717) is 18.4 Å². The van der Waals surface area contributed by atoms with E-state index >= 15 is 0 Å². The molecule has 0 fully saturated rings. The number of carbonyl (C=O) groups is 2. The highest BCUT2D eigenvalue weighted by molar-refractivity contribution is 7.17. The van der Waals surface area contributed by atoms with Gasteiger partial charge in [0.25, 0.3) is 11.8 Å². The largest absolute Gasteiger partial charge is 0.491 e. The molecule has 2 amide bonds. The lowest BCUT2D eigenvalue weighted by molar-refractivity contribution is 0.100. The molecule has 10 heteroatoms. The van der Waals surface area contributed by atoms with Crippen molar-refractivity contribution in [3.05, 3.63) is 44.8 Å². The minimum atomic E-state index is -1.90. The second-order valence-corrected chi connectivity index (χ2v) is 6.65. The van der Waals surface area contributed by atoms with Gasteiger partial charge in [-0.2, -0.15) is 8.78 Å². The highest BCUT2D eigenvalue weighted by Crippen LogP contribution is 2.39. The molecule has 0 saturated carbocycles. The van der Waals surface area contributed by atoms with E-state index in [4.69, 9.17) is 5.73 Å². The third kappa shape index (κ3) is 2.70. The van der Waals surface area contributed by atoms with Crippen molar-refractivity contribution in [1.29, 1.82) is 0 Å². The first-order chi connectivity index (χ1) is 12.3. The lowest BCUT2D eigenvalue weighted by Gasteiger charge is -2.11. The van der Waals surface area contributed by atoms with E-state index in [2.05, 4.69) is 10.1 Å². The SMILES string of the molecule is COc1c(F)c(F)c(C(=O)Nc2sc3c(c2C(N)=O)CCC3)c(F)c1F. The van der Waals surface area contributed by atoms with E-state index in [9.17, 15) is 27.2 Å². The molecule has 1 aromatic heterocycles. The van der Waals surface area contributed by atoms with Crippen LogP contribution in [-0.2, 0) is 12.8 Å². The van der Waals surface area contributed by atoms with Gasteiger partial charge in [-0.05, 0) is 24.8 Å². The van der Waals surface area contributed by atoms with Gasteiger partial charge in [-0.25, -0.2) is 8.78 Å². The van der Waals surface area contributed by atoms with Gasteiger partial charge in [0, 0.05) is 4.88 Å². The number of hydrogen-bond acceptors (Lipinski definition) is 4. The predicted octanol–water partition coefficient (Wildman–Crippen LogP) is 3.15. The Bertz CT molecular complexity index is 913. The number of carbonyl (C=O) groups excluding carboxylic acids is 2. The summed E-state index contributed by atoms with van der Waals surface area (Å²) >= 11 is 1.04. The molecule has 0 spiro atoms. The molecule has 1 aromatic carbocycles. The third-order valence-corrected chi connectivity index (χ3v) is 5.26. The molecule has 0 atom stereocenters. The van der Waals surface area contributed by atoms with Gasteiger partial charge in [0.1, 0.15) is 10.6 Å². The van der Waals surface area contributed by atoms with Gasteiger partial charge >= 0.3 is 0 Å². The van der Waals surface area contributed by atoms with Gasteiger partial charge in [0.15, 0.2) is 17.4 Å². The number of hydrogen-bond donors (Lipinski definition) is 2. The first kappa shape index (κ1) is 18.2. The van der Waals surface area contributed by atoms with Crippen LogP contribution in [0, 0.1) is 23.3 Å². The fourth-order valence-corrected chi connectivity index (χ4v) is 4.20. The van der Waals surface area contributed by atoms with Crippen molar-refractivity contribution < 1.29 is 31.9 Å².